The van der Waals surface area contributed by atoms with Gasteiger partial charge >= 0.3 is 0 Å². The molecule has 7 heteroatoms. The summed E-state index contributed by atoms with van der Waals surface area (Å²) in [6.07, 6.45) is 4.12. The second-order valence-electron chi connectivity index (χ2n) is 6.54. The molecule has 2 N–H and O–H groups in total. The van der Waals surface area contributed by atoms with E-state index in [2.05, 4.69) is 10.0 Å². The Morgan fingerprint density at radius 3 is 2.50 bits per heavy atom. The van der Waals surface area contributed by atoms with Crippen LogP contribution in [0.15, 0.2) is 47.4 Å². The van der Waals surface area contributed by atoms with Crippen molar-refractivity contribution in [3.05, 3.63) is 58.6 Å². The van der Waals surface area contributed by atoms with Gasteiger partial charge in [0.15, 0.2) is 0 Å². The summed E-state index contributed by atoms with van der Waals surface area (Å²) in [6, 6.07) is 11.5. The Labute approximate surface area is 158 Å². The van der Waals surface area contributed by atoms with Gasteiger partial charge < -0.3 is 5.32 Å². The van der Waals surface area contributed by atoms with Gasteiger partial charge in [-0.05, 0) is 49.6 Å². The van der Waals surface area contributed by atoms with Crippen LogP contribution in [0.2, 0.25) is 5.02 Å². The lowest BCUT2D eigenvalue weighted by Crippen LogP contribution is -2.33. The van der Waals surface area contributed by atoms with Crippen molar-refractivity contribution in [1.82, 2.24) is 5.32 Å². The number of rotatable bonds is 5. The summed E-state index contributed by atoms with van der Waals surface area (Å²) in [5.41, 5.74) is 1.40. The van der Waals surface area contributed by atoms with E-state index < -0.39 is 10.0 Å². The molecule has 138 valence electrons. The Hall–Kier alpha value is -2.05. The lowest BCUT2D eigenvalue weighted by atomic mass is 10.1. The number of hydrogen-bond acceptors (Lipinski definition) is 3. The third-order valence-electron chi connectivity index (χ3n) is 4.48. The van der Waals surface area contributed by atoms with Gasteiger partial charge in [0.2, 0.25) is 0 Å². The summed E-state index contributed by atoms with van der Waals surface area (Å²) in [5, 5.41) is 3.12. The topological polar surface area (TPSA) is 75.3 Å². The molecule has 0 radical (unpaired) electrons. The molecular formula is C19H21ClN2O3S. The zero-order valence-electron chi connectivity index (χ0n) is 14.5. The number of sulfonamides is 1. The molecule has 0 spiro atoms. The van der Waals surface area contributed by atoms with Crippen LogP contribution in [0.1, 0.15) is 41.6 Å². The predicted molar refractivity (Wildman–Crippen MR) is 103 cm³/mol. The summed E-state index contributed by atoms with van der Waals surface area (Å²) in [6.45, 7) is 1.83. The first kappa shape index (κ1) is 18.7. The zero-order chi connectivity index (χ0) is 18.7. The Balaban J connectivity index is 1.86. The molecule has 0 aliphatic heterocycles. The highest BCUT2D eigenvalue weighted by atomic mass is 35.5. The first-order valence-electron chi connectivity index (χ1n) is 8.56. The molecule has 0 heterocycles. The van der Waals surface area contributed by atoms with Gasteiger partial charge in [-0.1, -0.05) is 42.6 Å². The number of nitrogens with one attached hydrogen (secondary N) is 2. The van der Waals surface area contributed by atoms with Crippen LogP contribution in [0, 0.1) is 6.92 Å². The third-order valence-corrected chi connectivity index (χ3v) is 6.33. The number of anilines is 1. The highest BCUT2D eigenvalue weighted by Crippen LogP contribution is 2.26. The molecule has 0 atom stereocenters. The molecule has 2 aromatic rings. The van der Waals surface area contributed by atoms with Crippen molar-refractivity contribution in [2.24, 2.45) is 0 Å². The van der Waals surface area contributed by atoms with Crippen LogP contribution >= 0.6 is 11.6 Å². The van der Waals surface area contributed by atoms with Crippen molar-refractivity contribution >= 4 is 33.2 Å². The van der Waals surface area contributed by atoms with E-state index in [-0.39, 0.29) is 27.6 Å². The molecule has 26 heavy (non-hydrogen) atoms. The van der Waals surface area contributed by atoms with Crippen molar-refractivity contribution in [2.45, 2.75) is 43.5 Å². The molecule has 0 bridgehead atoms. The quantitative estimate of drug-likeness (QED) is 0.803. The number of carbonyl (C=O) groups excluding carboxylic acids is 1. The number of carbonyl (C=O) groups is 1. The molecule has 0 aromatic heterocycles. The molecule has 0 saturated heterocycles. The number of para-hydroxylation sites is 1. The van der Waals surface area contributed by atoms with Gasteiger partial charge in [0.1, 0.15) is 4.90 Å². The Bertz CT molecular complexity index is 922. The van der Waals surface area contributed by atoms with Crippen LogP contribution in [0.3, 0.4) is 0 Å². The minimum atomic E-state index is -3.91. The highest BCUT2D eigenvalue weighted by Gasteiger charge is 2.23. The molecule has 1 aliphatic carbocycles. The lowest BCUT2D eigenvalue weighted by molar-refractivity contribution is 0.0939. The summed E-state index contributed by atoms with van der Waals surface area (Å²) in [7, 11) is -3.91. The van der Waals surface area contributed by atoms with Gasteiger partial charge in [0, 0.05) is 6.04 Å². The van der Waals surface area contributed by atoms with E-state index in [1.54, 1.807) is 36.4 Å². The van der Waals surface area contributed by atoms with E-state index in [0.29, 0.717) is 5.56 Å². The maximum Gasteiger partial charge on any atom is 0.263 e. The molecule has 1 fully saturated rings. The maximum absolute atomic E-state index is 12.7. The molecule has 3 rings (SSSR count). The molecule has 5 nitrogen and oxygen atoms in total. The largest absolute Gasteiger partial charge is 0.349 e. The van der Waals surface area contributed by atoms with Gasteiger partial charge in [-0.15, -0.1) is 0 Å². The Morgan fingerprint density at radius 2 is 1.81 bits per heavy atom. The van der Waals surface area contributed by atoms with Crippen molar-refractivity contribution in [3.63, 3.8) is 0 Å². The van der Waals surface area contributed by atoms with Gasteiger partial charge in [-0.2, -0.15) is 0 Å². The molecule has 0 unspecified atom stereocenters. The Morgan fingerprint density at radius 1 is 1.12 bits per heavy atom. The first-order chi connectivity index (χ1) is 12.4. The van der Waals surface area contributed by atoms with E-state index in [1.807, 2.05) is 6.92 Å². The fourth-order valence-electron chi connectivity index (χ4n) is 3.13. The van der Waals surface area contributed by atoms with Crippen LogP contribution in [-0.4, -0.2) is 20.4 Å². The van der Waals surface area contributed by atoms with Crippen molar-refractivity contribution in [2.75, 3.05) is 4.72 Å². The Kier molecular flexibility index (Phi) is 5.53. The lowest BCUT2D eigenvalue weighted by Gasteiger charge is -2.16. The third kappa shape index (κ3) is 4.19. The minimum absolute atomic E-state index is 0.0178. The number of hydrogen-bond donors (Lipinski definition) is 2. The second kappa shape index (κ2) is 7.68. The van der Waals surface area contributed by atoms with Crippen molar-refractivity contribution in [1.29, 1.82) is 0 Å². The summed E-state index contributed by atoms with van der Waals surface area (Å²) >= 11 is 6.10. The molecule has 2 aromatic carbocycles. The van der Waals surface area contributed by atoms with Crippen molar-refractivity contribution < 1.29 is 13.2 Å². The zero-order valence-corrected chi connectivity index (χ0v) is 16.0. The fraction of sp³-hybridized carbons (Fsp3) is 0.316. The fourth-order valence-corrected chi connectivity index (χ4v) is 4.81. The average Bonchev–Trinajstić information content (AvgIpc) is 3.07. The van der Waals surface area contributed by atoms with Crippen LogP contribution in [0.25, 0.3) is 0 Å². The summed E-state index contributed by atoms with van der Waals surface area (Å²) < 4.78 is 27.9. The van der Waals surface area contributed by atoms with Crippen molar-refractivity contribution in [3.8, 4) is 0 Å². The highest BCUT2D eigenvalue weighted by molar-refractivity contribution is 7.92. The van der Waals surface area contributed by atoms with E-state index in [4.69, 9.17) is 11.6 Å². The van der Waals surface area contributed by atoms with E-state index in [9.17, 15) is 13.2 Å². The van der Waals surface area contributed by atoms with Crippen LogP contribution < -0.4 is 10.0 Å². The summed E-state index contributed by atoms with van der Waals surface area (Å²) in [5.74, 6) is -0.273. The smallest absolute Gasteiger partial charge is 0.263 e. The average molecular weight is 393 g/mol. The number of amides is 1. The molecule has 1 aliphatic rings. The molecule has 1 amide bonds. The number of halogens is 1. The second-order valence-corrected chi connectivity index (χ2v) is 8.60. The summed E-state index contributed by atoms with van der Waals surface area (Å²) in [4.78, 5) is 12.6. The van der Waals surface area contributed by atoms with Gasteiger partial charge in [-0.3, -0.25) is 9.52 Å². The normalized spacial score (nSPS) is 15.0. The standard InChI is InChI=1S/C19H21ClN2O3S/c1-13-10-11-18(16(20)12-13)26(24,25)22-17-9-5-4-8-15(17)19(23)21-14-6-2-3-7-14/h4-5,8-12,14,22H,2-3,6-7H2,1H3,(H,21,23). The van der Waals surface area contributed by atoms with E-state index >= 15 is 0 Å². The van der Waals surface area contributed by atoms with Gasteiger partial charge in [0.25, 0.3) is 15.9 Å². The van der Waals surface area contributed by atoms with Crippen LogP contribution in [0.5, 0.6) is 0 Å². The molecule has 1 saturated carbocycles. The number of aryl methyl sites for hydroxylation is 1. The van der Waals surface area contributed by atoms with E-state index in [0.717, 1.165) is 31.2 Å². The number of benzene rings is 2. The van der Waals surface area contributed by atoms with Crippen LogP contribution in [0.4, 0.5) is 5.69 Å². The minimum Gasteiger partial charge on any atom is -0.349 e. The van der Waals surface area contributed by atoms with Crippen LogP contribution in [-0.2, 0) is 10.0 Å². The maximum atomic E-state index is 12.7. The van der Waals surface area contributed by atoms with E-state index in [1.165, 1.54) is 6.07 Å². The van der Waals surface area contributed by atoms with Gasteiger partial charge in [-0.25, -0.2) is 8.42 Å². The first-order valence-corrected chi connectivity index (χ1v) is 10.4. The van der Waals surface area contributed by atoms with Gasteiger partial charge in [0.05, 0.1) is 16.3 Å². The molecular weight excluding hydrogens is 372 g/mol. The SMILES string of the molecule is Cc1ccc(S(=O)(=O)Nc2ccccc2C(=O)NC2CCCC2)c(Cl)c1. The monoisotopic (exact) mass is 392 g/mol. The predicted octanol–water partition coefficient (Wildman–Crippen LogP) is 4.12.